The number of rotatable bonds is 13. The Morgan fingerprint density at radius 1 is 0.791 bits per heavy atom. The maximum Gasteiger partial charge on any atom is 0.327 e. The number of fused-ring (bicyclic) bond motifs is 1. The Labute approximate surface area is 260 Å². The zero-order chi connectivity index (χ0) is 30.3. The molecule has 5 aromatic rings. The molecule has 1 amide bonds. The highest BCUT2D eigenvalue weighted by molar-refractivity contribution is 8.00. The minimum Gasteiger partial charge on any atom is -0.480 e. The average molecular weight is 610 g/mol. The van der Waals surface area contributed by atoms with Crippen molar-refractivity contribution in [1.29, 1.82) is 0 Å². The van der Waals surface area contributed by atoms with Gasteiger partial charge in [-0.2, -0.15) is 0 Å². The Kier molecular flexibility index (Phi) is 9.58. The summed E-state index contributed by atoms with van der Waals surface area (Å²) in [5, 5.41) is 13.0. The van der Waals surface area contributed by atoms with Crippen molar-refractivity contribution in [3.63, 3.8) is 0 Å². The second-order valence-electron chi connectivity index (χ2n) is 11.0. The molecule has 3 N–H and O–H groups in total. The van der Waals surface area contributed by atoms with E-state index in [1.54, 1.807) is 11.8 Å². The number of aromatic nitrogens is 2. The minimum atomic E-state index is -1.07. The molecule has 0 unspecified atom stereocenters. The van der Waals surface area contributed by atoms with Crippen molar-refractivity contribution in [3.8, 4) is 0 Å². The highest BCUT2D eigenvalue weighted by Gasteiger charge is 2.38. The molecule has 0 saturated carbocycles. The first kappa shape index (κ1) is 30.4. The van der Waals surface area contributed by atoms with E-state index in [-0.39, 0.29) is 18.1 Å². The first-order valence-electron chi connectivity index (χ1n) is 14.2. The van der Waals surface area contributed by atoms with E-state index in [2.05, 4.69) is 51.7 Å². The minimum absolute atomic E-state index is 0.173. The number of imidazole rings is 1. The number of aliphatic carboxylic acids is 1. The van der Waals surface area contributed by atoms with Gasteiger partial charge in [-0.3, -0.25) is 4.79 Å². The van der Waals surface area contributed by atoms with Gasteiger partial charge in [0.15, 0.2) is 0 Å². The fourth-order valence-corrected chi connectivity index (χ4v) is 7.62. The van der Waals surface area contributed by atoms with Crippen LogP contribution in [-0.4, -0.2) is 43.5 Å². The number of carboxylic acids is 1. The molecule has 0 spiro atoms. The Morgan fingerprint density at radius 3 is 1.81 bits per heavy atom. The van der Waals surface area contributed by atoms with E-state index in [1.165, 1.54) is 11.8 Å². The van der Waals surface area contributed by atoms with Crippen molar-refractivity contribution in [1.82, 2.24) is 15.3 Å². The smallest absolute Gasteiger partial charge is 0.327 e. The zero-order valence-electron chi connectivity index (χ0n) is 24.2. The molecule has 1 aromatic heterocycles. The van der Waals surface area contributed by atoms with Crippen LogP contribution < -0.4 is 5.32 Å². The number of hydrogen-bond donors (Lipinski definition) is 3. The molecule has 220 valence electrons. The van der Waals surface area contributed by atoms with Gasteiger partial charge in [-0.15, -0.1) is 23.5 Å². The second-order valence-corrected chi connectivity index (χ2v) is 13.9. The van der Waals surface area contributed by atoms with Crippen LogP contribution in [0, 0.1) is 0 Å². The number of amides is 1. The van der Waals surface area contributed by atoms with Crippen LogP contribution in [0.2, 0.25) is 0 Å². The summed E-state index contributed by atoms with van der Waals surface area (Å²) in [6.45, 7) is 3.99. The fraction of sp³-hybridized carbons (Fsp3) is 0.229. The van der Waals surface area contributed by atoms with Gasteiger partial charge in [0.25, 0.3) is 0 Å². The van der Waals surface area contributed by atoms with E-state index in [9.17, 15) is 14.7 Å². The van der Waals surface area contributed by atoms with Crippen LogP contribution in [0.4, 0.5) is 0 Å². The van der Waals surface area contributed by atoms with E-state index in [0.717, 1.165) is 33.5 Å². The zero-order valence-corrected chi connectivity index (χ0v) is 25.8. The maximum absolute atomic E-state index is 13.2. The van der Waals surface area contributed by atoms with Crippen molar-refractivity contribution in [2.75, 3.05) is 5.75 Å². The van der Waals surface area contributed by atoms with Gasteiger partial charge in [0.2, 0.25) is 5.91 Å². The van der Waals surface area contributed by atoms with Crippen LogP contribution in [0.5, 0.6) is 0 Å². The lowest BCUT2D eigenvalue weighted by molar-refractivity contribution is -0.141. The van der Waals surface area contributed by atoms with Crippen LogP contribution in [0.1, 0.15) is 42.8 Å². The van der Waals surface area contributed by atoms with Gasteiger partial charge in [0, 0.05) is 16.9 Å². The third kappa shape index (κ3) is 7.32. The Morgan fingerprint density at radius 2 is 1.30 bits per heavy atom. The van der Waals surface area contributed by atoms with Crippen LogP contribution in [0.15, 0.2) is 115 Å². The fourth-order valence-electron chi connectivity index (χ4n) is 5.17. The van der Waals surface area contributed by atoms with Gasteiger partial charge < -0.3 is 15.4 Å². The number of thioether (sulfide) groups is 2. The molecule has 0 aliphatic heterocycles. The summed E-state index contributed by atoms with van der Waals surface area (Å²) >= 11 is 3.13. The number of benzene rings is 4. The third-order valence-electron chi connectivity index (χ3n) is 7.27. The van der Waals surface area contributed by atoms with Gasteiger partial charge in [0.05, 0.1) is 21.5 Å². The highest BCUT2D eigenvalue weighted by atomic mass is 32.2. The Balaban J connectivity index is 1.32. The molecule has 0 aliphatic rings. The summed E-state index contributed by atoms with van der Waals surface area (Å²) < 4.78 is -1.11. The molecule has 1 atom stereocenters. The summed E-state index contributed by atoms with van der Waals surface area (Å²) in [6.07, 6.45) is 0.174. The average Bonchev–Trinajstić information content (AvgIpc) is 3.44. The standard InChI is InChI=1S/C35H35N3O3S2/c1-34(2,42-24-31-36-28-20-12-13-21-29(28)37-31)22-32(39)38-30(33(40)41)23-43-35(25-14-6-3-7-15-25,26-16-8-4-9-17-26)27-18-10-5-11-19-27/h3-21,30H,22-24H2,1-2H3,(H,36,37)(H,38,39)(H,40,41)/t30-/m0/s1. The van der Waals surface area contributed by atoms with Crippen LogP contribution in [-0.2, 0) is 20.1 Å². The van der Waals surface area contributed by atoms with E-state index in [1.807, 2.05) is 92.7 Å². The molecular weight excluding hydrogens is 575 g/mol. The SMILES string of the molecule is CC(C)(CC(=O)N[C@@H](CSC(c1ccccc1)(c1ccccc1)c1ccccc1)C(=O)O)SCc1nc2ccccc2[nH]1. The first-order chi connectivity index (χ1) is 20.8. The van der Waals surface area contributed by atoms with Gasteiger partial charge in [-0.05, 0) is 28.8 Å². The number of carbonyl (C=O) groups excluding carboxylic acids is 1. The van der Waals surface area contributed by atoms with Gasteiger partial charge in [-0.25, -0.2) is 9.78 Å². The van der Waals surface area contributed by atoms with Gasteiger partial charge >= 0.3 is 5.97 Å². The molecule has 4 aromatic carbocycles. The van der Waals surface area contributed by atoms with Crippen molar-refractivity contribution in [3.05, 3.63) is 138 Å². The number of aromatic amines is 1. The van der Waals surface area contributed by atoms with Crippen LogP contribution in [0.3, 0.4) is 0 Å². The van der Waals surface area contributed by atoms with E-state index < -0.39 is 21.5 Å². The number of carboxylic acid groups (broad SMARTS) is 1. The van der Waals surface area contributed by atoms with Gasteiger partial charge in [0.1, 0.15) is 11.9 Å². The van der Waals surface area contributed by atoms with Crippen LogP contribution in [0.25, 0.3) is 11.0 Å². The van der Waals surface area contributed by atoms with Crippen LogP contribution >= 0.6 is 23.5 Å². The maximum atomic E-state index is 13.2. The molecule has 1 heterocycles. The summed E-state index contributed by atoms with van der Waals surface area (Å²) in [5.41, 5.74) is 5.00. The van der Waals surface area contributed by atoms with E-state index in [0.29, 0.717) is 5.75 Å². The molecule has 0 fully saturated rings. The molecule has 5 rings (SSSR count). The predicted molar refractivity (Wildman–Crippen MR) is 177 cm³/mol. The lowest BCUT2D eigenvalue weighted by atomic mass is 9.84. The largest absolute Gasteiger partial charge is 0.480 e. The van der Waals surface area contributed by atoms with Gasteiger partial charge in [-0.1, -0.05) is 117 Å². The lowest BCUT2D eigenvalue weighted by Crippen LogP contribution is -2.45. The van der Waals surface area contributed by atoms with E-state index in [4.69, 9.17) is 0 Å². The summed E-state index contributed by atoms with van der Waals surface area (Å²) in [6, 6.07) is 37.2. The number of carbonyl (C=O) groups is 2. The highest BCUT2D eigenvalue weighted by Crippen LogP contribution is 2.48. The summed E-state index contributed by atoms with van der Waals surface area (Å²) in [7, 11) is 0. The Hall–Kier alpha value is -4.01. The molecule has 0 aliphatic carbocycles. The monoisotopic (exact) mass is 609 g/mol. The Bertz CT molecular complexity index is 1530. The molecule has 0 saturated heterocycles. The first-order valence-corrected chi connectivity index (χ1v) is 16.1. The molecule has 8 heteroatoms. The molecule has 6 nitrogen and oxygen atoms in total. The lowest BCUT2D eigenvalue weighted by Gasteiger charge is -2.36. The van der Waals surface area contributed by atoms with Crippen molar-refractivity contribution in [2.24, 2.45) is 0 Å². The van der Waals surface area contributed by atoms with Crippen molar-refractivity contribution >= 4 is 46.4 Å². The normalized spacial score (nSPS) is 12.6. The number of nitrogens with one attached hydrogen (secondary N) is 2. The number of H-pyrrole nitrogens is 1. The van der Waals surface area contributed by atoms with E-state index >= 15 is 0 Å². The number of para-hydroxylation sites is 2. The topological polar surface area (TPSA) is 95.1 Å². The van der Waals surface area contributed by atoms with Crippen molar-refractivity contribution < 1.29 is 14.7 Å². The summed E-state index contributed by atoms with van der Waals surface area (Å²) in [5.74, 6) is 0.280. The molecule has 0 bridgehead atoms. The van der Waals surface area contributed by atoms with Crippen molar-refractivity contribution in [2.45, 2.75) is 41.6 Å². The second kappa shape index (κ2) is 13.5. The number of nitrogens with zero attached hydrogens (tertiary/aromatic N) is 1. The quantitative estimate of drug-likeness (QED) is 0.122. The third-order valence-corrected chi connectivity index (χ3v) is 10.2. The molecule has 0 radical (unpaired) electrons. The summed E-state index contributed by atoms with van der Waals surface area (Å²) in [4.78, 5) is 33.7. The molecule has 43 heavy (non-hydrogen) atoms. The number of hydrogen-bond acceptors (Lipinski definition) is 5. The molecular formula is C35H35N3O3S2. The predicted octanol–water partition coefficient (Wildman–Crippen LogP) is 7.26.